The number of rotatable bonds is 4. The topological polar surface area (TPSA) is 45.6 Å². The Labute approximate surface area is 207 Å². The highest BCUT2D eigenvalue weighted by Gasteiger charge is 2.41. The molecule has 0 atom stereocenters. The van der Waals surface area contributed by atoms with Crippen LogP contribution in [0.25, 0.3) is 11.8 Å². The quantitative estimate of drug-likeness (QED) is 0.207. The molecule has 4 aromatic rings. The van der Waals surface area contributed by atoms with E-state index in [1.807, 2.05) is 71.4 Å². The minimum Gasteiger partial charge on any atom is -0.317 e. The zero-order chi connectivity index (χ0) is 23.7. The molecular weight excluding hydrogens is 466 g/mol. The highest BCUT2D eigenvalue weighted by Crippen LogP contribution is 2.30. The first-order valence-electron chi connectivity index (χ1n) is 10.5. The molecular formula is C27H18ClN3O2S. The molecule has 5 rings (SSSR count). The summed E-state index contributed by atoms with van der Waals surface area (Å²) in [5, 5.41) is 0.733. The van der Waals surface area contributed by atoms with Crippen molar-refractivity contribution in [3.63, 3.8) is 0 Å². The summed E-state index contributed by atoms with van der Waals surface area (Å²) in [6.45, 7) is 0. The van der Waals surface area contributed by atoms with E-state index in [0.717, 1.165) is 5.69 Å². The van der Waals surface area contributed by atoms with Crippen molar-refractivity contribution in [2.45, 2.75) is 0 Å². The van der Waals surface area contributed by atoms with Crippen LogP contribution in [0.5, 0.6) is 0 Å². The molecule has 2 amide bonds. The van der Waals surface area contributed by atoms with Gasteiger partial charge in [0.15, 0.2) is 5.11 Å². The van der Waals surface area contributed by atoms with Crippen LogP contribution in [0, 0.1) is 0 Å². The third-order valence-corrected chi connectivity index (χ3v) is 6.07. The SMILES string of the molecule is O=C1C(=Cc2cccn2-c2ccc(Cl)cc2)C(=O)N(c2ccccc2)C(=S)N1c1ccccc1. The molecule has 166 valence electrons. The van der Waals surface area contributed by atoms with Gasteiger partial charge in [-0.25, -0.2) is 0 Å². The molecule has 5 nitrogen and oxygen atoms in total. The number of para-hydroxylation sites is 2. The zero-order valence-corrected chi connectivity index (χ0v) is 19.4. The molecule has 0 aliphatic carbocycles. The van der Waals surface area contributed by atoms with Crippen LogP contribution in [-0.4, -0.2) is 21.5 Å². The fourth-order valence-electron chi connectivity index (χ4n) is 3.84. The van der Waals surface area contributed by atoms with Crippen molar-refractivity contribution in [2.75, 3.05) is 9.80 Å². The number of halogens is 1. The van der Waals surface area contributed by atoms with Gasteiger partial charge in [0.1, 0.15) is 5.57 Å². The molecule has 1 aliphatic heterocycles. The molecule has 2 heterocycles. The second kappa shape index (κ2) is 9.09. The van der Waals surface area contributed by atoms with Crippen molar-refractivity contribution in [3.8, 4) is 5.69 Å². The van der Waals surface area contributed by atoms with Gasteiger partial charge in [-0.2, -0.15) is 0 Å². The average molecular weight is 484 g/mol. The molecule has 0 spiro atoms. The van der Waals surface area contributed by atoms with Gasteiger partial charge >= 0.3 is 0 Å². The lowest BCUT2D eigenvalue weighted by Gasteiger charge is -2.36. The van der Waals surface area contributed by atoms with Gasteiger partial charge in [-0.15, -0.1) is 0 Å². The van der Waals surface area contributed by atoms with E-state index in [9.17, 15) is 9.59 Å². The Bertz CT molecular complexity index is 1350. The maximum absolute atomic E-state index is 13.6. The molecule has 1 fully saturated rings. The molecule has 0 N–H and O–H groups in total. The average Bonchev–Trinajstić information content (AvgIpc) is 3.32. The van der Waals surface area contributed by atoms with Crippen LogP contribution in [0.3, 0.4) is 0 Å². The number of benzene rings is 3. The maximum Gasteiger partial charge on any atom is 0.270 e. The van der Waals surface area contributed by atoms with E-state index in [1.54, 1.807) is 42.5 Å². The second-order valence-electron chi connectivity index (χ2n) is 7.57. The third kappa shape index (κ3) is 3.94. The molecule has 0 radical (unpaired) electrons. The Morgan fingerprint density at radius 2 is 1.18 bits per heavy atom. The molecule has 3 aromatic carbocycles. The molecule has 1 saturated heterocycles. The van der Waals surface area contributed by atoms with Crippen molar-refractivity contribution in [1.29, 1.82) is 0 Å². The van der Waals surface area contributed by atoms with E-state index < -0.39 is 11.8 Å². The first-order chi connectivity index (χ1) is 16.5. The molecule has 7 heteroatoms. The molecule has 1 aliphatic rings. The van der Waals surface area contributed by atoms with Gasteiger partial charge in [-0.05, 0) is 79.0 Å². The van der Waals surface area contributed by atoms with Crippen LogP contribution >= 0.6 is 23.8 Å². The third-order valence-electron chi connectivity index (χ3n) is 5.46. The summed E-state index contributed by atoms with van der Waals surface area (Å²) < 4.78 is 1.89. The number of carbonyl (C=O) groups is 2. The fraction of sp³-hybridized carbons (Fsp3) is 0. The number of carbonyl (C=O) groups excluding carboxylic acids is 2. The van der Waals surface area contributed by atoms with Crippen LogP contribution in [0.2, 0.25) is 5.02 Å². The molecule has 1 aromatic heterocycles. The lowest BCUT2D eigenvalue weighted by atomic mass is 10.1. The lowest BCUT2D eigenvalue weighted by Crippen LogP contribution is -2.56. The summed E-state index contributed by atoms with van der Waals surface area (Å²) in [5.74, 6) is -0.950. The highest BCUT2D eigenvalue weighted by molar-refractivity contribution is 7.81. The lowest BCUT2D eigenvalue weighted by molar-refractivity contribution is -0.120. The van der Waals surface area contributed by atoms with E-state index in [2.05, 4.69) is 0 Å². The van der Waals surface area contributed by atoms with Crippen molar-refractivity contribution >= 4 is 58.2 Å². The number of hydrogen-bond acceptors (Lipinski definition) is 3. The zero-order valence-electron chi connectivity index (χ0n) is 17.8. The predicted molar refractivity (Wildman–Crippen MR) is 139 cm³/mol. The van der Waals surface area contributed by atoms with Crippen LogP contribution in [0.4, 0.5) is 11.4 Å². The van der Waals surface area contributed by atoms with E-state index in [1.165, 1.54) is 9.80 Å². The number of anilines is 2. The molecule has 0 unspecified atom stereocenters. The van der Waals surface area contributed by atoms with Gasteiger partial charge in [-0.1, -0.05) is 48.0 Å². The first kappa shape index (κ1) is 21.8. The van der Waals surface area contributed by atoms with Crippen LogP contribution in [-0.2, 0) is 9.59 Å². The van der Waals surface area contributed by atoms with E-state index in [0.29, 0.717) is 22.1 Å². The number of amides is 2. The predicted octanol–water partition coefficient (Wildman–Crippen LogP) is 5.88. The van der Waals surface area contributed by atoms with Crippen molar-refractivity contribution in [1.82, 2.24) is 4.57 Å². The Balaban J connectivity index is 1.64. The Hall–Kier alpha value is -4.00. The number of thiocarbonyl (C=S) groups is 1. The standard InChI is InChI=1S/C27H18ClN3O2S/c28-19-13-15-20(16-14-19)29-17-7-12-23(29)18-24-25(32)30(21-8-3-1-4-9-21)27(34)31(26(24)33)22-10-5-2-6-11-22/h1-18H. The van der Waals surface area contributed by atoms with Crippen molar-refractivity contribution < 1.29 is 9.59 Å². The van der Waals surface area contributed by atoms with Gasteiger partial charge < -0.3 is 4.57 Å². The monoisotopic (exact) mass is 483 g/mol. The summed E-state index contributed by atoms with van der Waals surface area (Å²) >= 11 is 11.7. The van der Waals surface area contributed by atoms with Crippen LogP contribution in [0.1, 0.15) is 5.69 Å². The summed E-state index contributed by atoms with van der Waals surface area (Å²) in [6, 6.07) is 29.2. The second-order valence-corrected chi connectivity index (χ2v) is 8.37. The highest BCUT2D eigenvalue weighted by atomic mass is 35.5. The van der Waals surface area contributed by atoms with Crippen molar-refractivity contribution in [3.05, 3.63) is 120 Å². The number of aromatic nitrogens is 1. The van der Waals surface area contributed by atoms with Gasteiger partial charge in [0.25, 0.3) is 11.8 Å². The van der Waals surface area contributed by atoms with Crippen molar-refractivity contribution in [2.24, 2.45) is 0 Å². The maximum atomic E-state index is 13.6. The van der Waals surface area contributed by atoms with Crippen LogP contribution in [0.15, 0.2) is 109 Å². The van der Waals surface area contributed by atoms with E-state index in [4.69, 9.17) is 23.8 Å². The van der Waals surface area contributed by atoms with E-state index in [-0.39, 0.29) is 10.7 Å². The van der Waals surface area contributed by atoms with Crippen LogP contribution < -0.4 is 9.80 Å². The molecule has 34 heavy (non-hydrogen) atoms. The van der Waals surface area contributed by atoms with Gasteiger partial charge in [0, 0.05) is 22.6 Å². The first-order valence-corrected chi connectivity index (χ1v) is 11.3. The fourth-order valence-corrected chi connectivity index (χ4v) is 4.34. The normalized spacial score (nSPS) is 14.0. The van der Waals surface area contributed by atoms with Gasteiger partial charge in [0.2, 0.25) is 0 Å². The Morgan fingerprint density at radius 3 is 1.71 bits per heavy atom. The van der Waals surface area contributed by atoms with E-state index >= 15 is 0 Å². The van der Waals surface area contributed by atoms with Gasteiger partial charge in [0.05, 0.1) is 11.4 Å². The minimum absolute atomic E-state index is 0.00946. The minimum atomic E-state index is -0.475. The Morgan fingerprint density at radius 1 is 0.647 bits per heavy atom. The number of nitrogens with zero attached hydrogens (tertiary/aromatic N) is 3. The summed E-state index contributed by atoms with van der Waals surface area (Å²) in [6.07, 6.45) is 3.47. The molecule has 0 saturated carbocycles. The Kier molecular flexibility index (Phi) is 5.84. The largest absolute Gasteiger partial charge is 0.317 e. The summed E-state index contributed by atoms with van der Waals surface area (Å²) in [7, 11) is 0. The number of hydrogen-bond donors (Lipinski definition) is 0. The summed E-state index contributed by atoms with van der Waals surface area (Å²) in [4.78, 5) is 30.1. The molecule has 0 bridgehead atoms. The van der Waals surface area contributed by atoms with Gasteiger partial charge in [-0.3, -0.25) is 19.4 Å². The summed E-state index contributed by atoms with van der Waals surface area (Å²) in [5.41, 5.74) is 2.71. The smallest absolute Gasteiger partial charge is 0.270 e.